The van der Waals surface area contributed by atoms with Crippen LogP contribution in [-0.4, -0.2) is 72.2 Å². The zero-order chi connectivity index (χ0) is 24.7. The van der Waals surface area contributed by atoms with Crippen LogP contribution < -0.4 is 10.1 Å². The minimum absolute atomic E-state index is 0.161. The summed E-state index contributed by atoms with van der Waals surface area (Å²) in [6.45, 7) is 7.43. The molecular weight excluding hydrogens is 436 g/mol. The second-order valence-corrected chi connectivity index (χ2v) is 10.5. The molecule has 2 fully saturated rings. The smallest absolute Gasteiger partial charge is 0.408 e. The number of ether oxygens (including phenoxy) is 3. The van der Waals surface area contributed by atoms with Crippen LogP contribution in [0.3, 0.4) is 0 Å². The standard InChI is InChI=1S/C26H40N2O6/c1-26(2,3)34-25(31)27-23(24(29)30)17-18-5-7-19(8-6-18)32-20-9-11-21(12-10-20)33-22-13-15-28(4)16-14-22/h5-8,20-23H,9-17H2,1-4H3,(H,27,31)(H,29,30)/t20-,21-,23?. The highest BCUT2D eigenvalue weighted by atomic mass is 16.6. The molecule has 1 saturated heterocycles. The molecule has 34 heavy (non-hydrogen) atoms. The van der Waals surface area contributed by atoms with Crippen molar-refractivity contribution in [2.75, 3.05) is 20.1 Å². The van der Waals surface area contributed by atoms with Gasteiger partial charge in [-0.15, -0.1) is 0 Å². The van der Waals surface area contributed by atoms with E-state index in [9.17, 15) is 14.7 Å². The average Bonchev–Trinajstić information content (AvgIpc) is 2.76. The largest absolute Gasteiger partial charge is 0.490 e. The van der Waals surface area contributed by atoms with Crippen molar-refractivity contribution in [3.63, 3.8) is 0 Å². The third-order valence-electron chi connectivity index (χ3n) is 6.33. The summed E-state index contributed by atoms with van der Waals surface area (Å²) in [4.78, 5) is 25.9. The number of benzene rings is 1. The number of amides is 1. The number of hydrogen-bond acceptors (Lipinski definition) is 6. The Bertz CT molecular complexity index is 791. The van der Waals surface area contributed by atoms with Crippen molar-refractivity contribution in [3.05, 3.63) is 29.8 Å². The first kappa shape index (κ1) is 26.3. The van der Waals surface area contributed by atoms with E-state index < -0.39 is 23.7 Å². The normalized spacial score (nSPS) is 23.2. The third-order valence-corrected chi connectivity index (χ3v) is 6.33. The van der Waals surface area contributed by atoms with Gasteiger partial charge < -0.3 is 29.5 Å². The summed E-state index contributed by atoms with van der Waals surface area (Å²) in [5.74, 6) is -0.333. The molecule has 1 unspecified atom stereocenters. The molecule has 1 atom stereocenters. The Hall–Kier alpha value is -2.32. The van der Waals surface area contributed by atoms with Crippen LogP contribution in [-0.2, 0) is 20.7 Å². The number of carboxylic acid groups (broad SMARTS) is 1. The molecule has 0 spiro atoms. The summed E-state index contributed by atoms with van der Waals surface area (Å²) in [5.41, 5.74) is 0.107. The van der Waals surface area contributed by atoms with E-state index in [4.69, 9.17) is 14.2 Å². The lowest BCUT2D eigenvalue weighted by Crippen LogP contribution is -2.44. The fourth-order valence-corrected chi connectivity index (χ4v) is 4.46. The molecule has 1 aromatic rings. The van der Waals surface area contributed by atoms with Gasteiger partial charge in [0.2, 0.25) is 0 Å². The molecule has 0 radical (unpaired) electrons. The SMILES string of the molecule is CN1CCC(O[C@H]2CC[C@H](Oc3ccc(CC(NC(=O)OC(C)(C)C)C(=O)O)cc3)CC2)CC1. The maximum absolute atomic E-state index is 12.0. The van der Waals surface area contributed by atoms with Crippen LogP contribution in [0.25, 0.3) is 0 Å². The number of aliphatic carboxylic acids is 1. The van der Waals surface area contributed by atoms with Crippen LogP contribution in [0.5, 0.6) is 5.75 Å². The molecule has 0 aromatic heterocycles. The van der Waals surface area contributed by atoms with Gasteiger partial charge in [0, 0.05) is 19.5 Å². The van der Waals surface area contributed by atoms with Crippen molar-refractivity contribution < 1.29 is 28.9 Å². The van der Waals surface area contributed by atoms with Gasteiger partial charge in [0.25, 0.3) is 0 Å². The van der Waals surface area contributed by atoms with E-state index >= 15 is 0 Å². The van der Waals surface area contributed by atoms with Gasteiger partial charge in [-0.2, -0.15) is 0 Å². The number of carbonyl (C=O) groups is 2. The Labute approximate surface area is 202 Å². The Morgan fingerprint density at radius 2 is 1.56 bits per heavy atom. The van der Waals surface area contributed by atoms with Crippen molar-refractivity contribution >= 4 is 12.1 Å². The number of likely N-dealkylation sites (tertiary alicyclic amines) is 1. The maximum Gasteiger partial charge on any atom is 0.408 e. The molecule has 1 amide bonds. The van der Waals surface area contributed by atoms with Gasteiger partial charge in [0.05, 0.1) is 18.3 Å². The zero-order valence-corrected chi connectivity index (χ0v) is 20.9. The number of piperidine rings is 1. The van der Waals surface area contributed by atoms with Crippen LogP contribution in [0.4, 0.5) is 4.79 Å². The Kier molecular flexibility index (Phi) is 9.19. The lowest BCUT2D eigenvalue weighted by Gasteiger charge is -2.35. The number of alkyl carbamates (subject to hydrolysis) is 1. The lowest BCUT2D eigenvalue weighted by atomic mass is 9.94. The van der Waals surface area contributed by atoms with Crippen molar-refractivity contribution in [2.45, 2.75) is 95.7 Å². The number of carboxylic acids is 1. The molecular formula is C26H40N2O6. The fraction of sp³-hybridized carbons (Fsp3) is 0.692. The van der Waals surface area contributed by atoms with Gasteiger partial charge in [0.15, 0.2) is 0 Å². The van der Waals surface area contributed by atoms with Crippen molar-refractivity contribution in [2.24, 2.45) is 0 Å². The van der Waals surface area contributed by atoms with Gasteiger partial charge >= 0.3 is 12.1 Å². The number of hydrogen-bond donors (Lipinski definition) is 2. The molecule has 3 rings (SSSR count). The van der Waals surface area contributed by atoms with E-state index in [2.05, 4.69) is 17.3 Å². The minimum atomic E-state index is -1.11. The van der Waals surface area contributed by atoms with E-state index in [-0.39, 0.29) is 12.5 Å². The molecule has 1 aliphatic heterocycles. The van der Waals surface area contributed by atoms with E-state index in [0.29, 0.717) is 12.2 Å². The van der Waals surface area contributed by atoms with Crippen LogP contribution in [0.2, 0.25) is 0 Å². The van der Waals surface area contributed by atoms with E-state index in [1.54, 1.807) is 20.8 Å². The predicted octanol–water partition coefficient (Wildman–Crippen LogP) is 4.01. The number of carbonyl (C=O) groups excluding carboxylic acids is 1. The van der Waals surface area contributed by atoms with Crippen LogP contribution in [0.15, 0.2) is 24.3 Å². The van der Waals surface area contributed by atoms with Crippen molar-refractivity contribution in [1.82, 2.24) is 10.2 Å². The van der Waals surface area contributed by atoms with Crippen LogP contribution in [0.1, 0.15) is 64.9 Å². The Balaban J connectivity index is 1.42. The number of nitrogens with one attached hydrogen (secondary N) is 1. The highest BCUT2D eigenvalue weighted by Gasteiger charge is 2.27. The molecule has 1 saturated carbocycles. The number of rotatable bonds is 8. The summed E-state index contributed by atoms with van der Waals surface area (Å²) >= 11 is 0. The average molecular weight is 477 g/mol. The third kappa shape index (κ3) is 8.80. The quantitative estimate of drug-likeness (QED) is 0.585. The molecule has 8 heteroatoms. The predicted molar refractivity (Wildman–Crippen MR) is 129 cm³/mol. The monoisotopic (exact) mass is 476 g/mol. The summed E-state index contributed by atoms with van der Waals surface area (Å²) in [7, 11) is 2.16. The van der Waals surface area contributed by atoms with Gasteiger partial charge in [0.1, 0.15) is 17.4 Å². The second-order valence-electron chi connectivity index (χ2n) is 10.5. The summed E-state index contributed by atoms with van der Waals surface area (Å²) in [6.07, 6.45) is 6.54. The van der Waals surface area contributed by atoms with Crippen LogP contribution >= 0.6 is 0 Å². The molecule has 190 valence electrons. The molecule has 2 N–H and O–H groups in total. The Morgan fingerprint density at radius 3 is 2.12 bits per heavy atom. The second kappa shape index (κ2) is 11.9. The van der Waals surface area contributed by atoms with Crippen molar-refractivity contribution in [3.8, 4) is 5.75 Å². The van der Waals surface area contributed by atoms with E-state index in [1.165, 1.54) is 0 Å². The first-order valence-electron chi connectivity index (χ1n) is 12.4. The zero-order valence-electron chi connectivity index (χ0n) is 20.9. The van der Waals surface area contributed by atoms with Crippen molar-refractivity contribution in [1.29, 1.82) is 0 Å². The number of nitrogens with zero attached hydrogens (tertiary/aromatic N) is 1. The molecule has 1 heterocycles. The molecule has 1 aliphatic carbocycles. The summed E-state index contributed by atoms with van der Waals surface area (Å²) in [5, 5.41) is 11.9. The van der Waals surface area contributed by atoms with E-state index in [0.717, 1.165) is 62.9 Å². The lowest BCUT2D eigenvalue weighted by molar-refractivity contribution is -0.139. The maximum atomic E-state index is 12.0. The fourth-order valence-electron chi connectivity index (χ4n) is 4.46. The molecule has 1 aromatic carbocycles. The molecule has 0 bridgehead atoms. The molecule has 8 nitrogen and oxygen atoms in total. The Morgan fingerprint density at radius 1 is 1.00 bits per heavy atom. The van der Waals surface area contributed by atoms with Gasteiger partial charge in [-0.3, -0.25) is 0 Å². The summed E-state index contributed by atoms with van der Waals surface area (Å²) in [6, 6.07) is 6.35. The highest BCUT2D eigenvalue weighted by Crippen LogP contribution is 2.28. The van der Waals surface area contributed by atoms with Gasteiger partial charge in [-0.05, 0) is 84.0 Å². The van der Waals surface area contributed by atoms with Crippen LogP contribution in [0, 0.1) is 0 Å². The summed E-state index contributed by atoms with van der Waals surface area (Å²) < 4.78 is 17.7. The highest BCUT2D eigenvalue weighted by molar-refractivity contribution is 5.80. The first-order valence-corrected chi connectivity index (χ1v) is 12.4. The first-order chi connectivity index (χ1) is 16.1. The van der Waals surface area contributed by atoms with E-state index in [1.807, 2.05) is 24.3 Å². The minimum Gasteiger partial charge on any atom is -0.490 e. The topological polar surface area (TPSA) is 97.3 Å². The van der Waals surface area contributed by atoms with Gasteiger partial charge in [-0.25, -0.2) is 9.59 Å². The van der Waals surface area contributed by atoms with Gasteiger partial charge in [-0.1, -0.05) is 12.1 Å². The molecule has 2 aliphatic rings.